The van der Waals surface area contributed by atoms with Gasteiger partial charge in [0.25, 0.3) is 0 Å². The van der Waals surface area contributed by atoms with Crippen LogP contribution in [0.3, 0.4) is 0 Å². The first-order valence-electron chi connectivity index (χ1n) is 41.3. The van der Waals surface area contributed by atoms with Crippen LogP contribution in [0.5, 0.6) is 0 Å². The molecule has 0 aliphatic rings. The Hall–Kier alpha value is -1.94. The van der Waals surface area contributed by atoms with E-state index in [0.29, 0.717) is 31.6 Å². The van der Waals surface area contributed by atoms with Gasteiger partial charge in [-0.15, -0.1) is 0 Å². The third-order valence-corrected chi connectivity index (χ3v) is 21.2. The molecular formula is C80H156O17P2. The maximum Gasteiger partial charge on any atom is 0.472 e. The average Bonchev–Trinajstić information content (AvgIpc) is 1.08. The molecule has 588 valence electrons. The van der Waals surface area contributed by atoms with Crippen LogP contribution in [0.25, 0.3) is 0 Å². The number of aliphatic hydroxyl groups excluding tert-OH is 1. The number of carbonyl (C=O) groups is 4. The molecular weight excluding hydrogens is 1290 g/mol. The van der Waals surface area contributed by atoms with Gasteiger partial charge in [-0.1, -0.05) is 357 Å². The lowest BCUT2D eigenvalue weighted by Crippen LogP contribution is -2.30. The molecule has 0 saturated heterocycles. The van der Waals surface area contributed by atoms with Crippen LogP contribution in [0.2, 0.25) is 0 Å². The number of ether oxygens (including phenoxy) is 4. The Bertz CT molecular complexity index is 1940. The summed E-state index contributed by atoms with van der Waals surface area (Å²) < 4.78 is 68.6. The van der Waals surface area contributed by atoms with Gasteiger partial charge in [0.05, 0.1) is 26.4 Å². The van der Waals surface area contributed by atoms with E-state index in [-0.39, 0.29) is 25.7 Å². The first kappa shape index (κ1) is 97.1. The molecule has 0 aliphatic heterocycles. The topological polar surface area (TPSA) is 237 Å². The molecule has 0 bridgehead atoms. The Balaban J connectivity index is 5.21. The SMILES string of the molecule is CCC(C)CCCCCCCCCCCCC(=O)O[C@H](COC(=O)CCCCCCCCCCCCCCCCCCCCC(C)C)COP(=O)(O)OCC(O)COP(=O)(O)OC[C@@H](COC(=O)CCCCCCCCCC(C)C)OC(=O)CCCCCCCCCCCCC(C)CC. The van der Waals surface area contributed by atoms with Crippen molar-refractivity contribution < 1.29 is 80.2 Å². The largest absolute Gasteiger partial charge is 0.472 e. The van der Waals surface area contributed by atoms with Crippen LogP contribution in [-0.4, -0.2) is 96.7 Å². The van der Waals surface area contributed by atoms with E-state index in [2.05, 4.69) is 55.4 Å². The second-order valence-corrected chi connectivity index (χ2v) is 33.1. The van der Waals surface area contributed by atoms with Crippen LogP contribution in [0, 0.1) is 23.7 Å². The molecule has 0 saturated carbocycles. The van der Waals surface area contributed by atoms with E-state index in [1.165, 1.54) is 205 Å². The lowest BCUT2D eigenvalue weighted by atomic mass is 9.99. The predicted molar refractivity (Wildman–Crippen MR) is 404 cm³/mol. The van der Waals surface area contributed by atoms with Crippen LogP contribution >= 0.6 is 15.6 Å². The zero-order chi connectivity index (χ0) is 73.1. The third-order valence-electron chi connectivity index (χ3n) is 19.3. The molecule has 3 N–H and O–H groups in total. The highest BCUT2D eigenvalue weighted by molar-refractivity contribution is 7.47. The molecule has 0 radical (unpaired) electrons. The number of hydrogen-bond acceptors (Lipinski definition) is 15. The number of aliphatic hydroxyl groups is 1. The zero-order valence-corrected chi connectivity index (χ0v) is 66.9. The van der Waals surface area contributed by atoms with Gasteiger partial charge in [-0.25, -0.2) is 9.13 Å². The van der Waals surface area contributed by atoms with Crippen molar-refractivity contribution in [1.29, 1.82) is 0 Å². The summed E-state index contributed by atoms with van der Waals surface area (Å²) >= 11 is 0. The normalized spacial score (nSPS) is 14.6. The summed E-state index contributed by atoms with van der Waals surface area (Å²) in [5, 5.41) is 10.6. The monoisotopic (exact) mass is 1450 g/mol. The minimum atomic E-state index is -4.96. The maximum atomic E-state index is 13.1. The van der Waals surface area contributed by atoms with Crippen molar-refractivity contribution >= 4 is 39.5 Å². The molecule has 0 spiro atoms. The molecule has 0 rings (SSSR count). The van der Waals surface area contributed by atoms with Gasteiger partial charge in [-0.2, -0.15) is 0 Å². The van der Waals surface area contributed by atoms with Gasteiger partial charge >= 0.3 is 39.5 Å². The minimum Gasteiger partial charge on any atom is -0.462 e. The molecule has 5 unspecified atom stereocenters. The molecule has 7 atom stereocenters. The number of phosphoric acid groups is 2. The fourth-order valence-corrected chi connectivity index (χ4v) is 13.8. The zero-order valence-electron chi connectivity index (χ0n) is 65.1. The van der Waals surface area contributed by atoms with Crippen molar-refractivity contribution in [2.75, 3.05) is 39.6 Å². The molecule has 0 heterocycles. The number of rotatable bonds is 77. The lowest BCUT2D eigenvalue weighted by Gasteiger charge is -2.21. The summed E-state index contributed by atoms with van der Waals surface area (Å²) in [5.41, 5.74) is 0. The Labute approximate surface area is 607 Å². The molecule has 0 aliphatic carbocycles. The van der Waals surface area contributed by atoms with E-state index < -0.39 is 97.5 Å². The Morgan fingerprint density at radius 1 is 0.283 bits per heavy atom. The van der Waals surface area contributed by atoms with Crippen molar-refractivity contribution in [1.82, 2.24) is 0 Å². The van der Waals surface area contributed by atoms with E-state index in [9.17, 15) is 43.2 Å². The van der Waals surface area contributed by atoms with Gasteiger partial charge in [-0.05, 0) is 49.4 Å². The molecule has 0 amide bonds. The fraction of sp³-hybridized carbons (Fsp3) is 0.950. The summed E-state index contributed by atoms with van der Waals surface area (Å²) in [6.45, 7) is 14.3. The summed E-state index contributed by atoms with van der Waals surface area (Å²) in [7, 11) is -9.92. The van der Waals surface area contributed by atoms with E-state index in [4.69, 9.17) is 37.0 Å². The van der Waals surface area contributed by atoms with Gasteiger partial charge in [0.1, 0.15) is 19.3 Å². The van der Waals surface area contributed by atoms with E-state index in [0.717, 1.165) is 114 Å². The van der Waals surface area contributed by atoms with Crippen molar-refractivity contribution in [2.24, 2.45) is 23.7 Å². The second kappa shape index (κ2) is 69.1. The molecule has 0 aromatic heterocycles. The first-order valence-corrected chi connectivity index (χ1v) is 44.3. The van der Waals surface area contributed by atoms with Crippen molar-refractivity contribution in [2.45, 2.75) is 427 Å². The third kappa shape index (κ3) is 71.5. The highest BCUT2D eigenvalue weighted by atomic mass is 31.2. The summed E-state index contributed by atoms with van der Waals surface area (Å²) in [6, 6.07) is 0. The van der Waals surface area contributed by atoms with Gasteiger partial charge in [0, 0.05) is 25.7 Å². The number of phosphoric ester groups is 2. The maximum absolute atomic E-state index is 13.1. The summed E-state index contributed by atoms with van der Waals surface area (Å²) in [6.07, 6.45) is 55.5. The molecule has 17 nitrogen and oxygen atoms in total. The quantitative estimate of drug-likeness (QED) is 0.0222. The van der Waals surface area contributed by atoms with Crippen LogP contribution in [-0.2, 0) is 65.4 Å². The molecule has 99 heavy (non-hydrogen) atoms. The smallest absolute Gasteiger partial charge is 0.462 e. The number of carbonyl (C=O) groups excluding carboxylic acids is 4. The fourth-order valence-electron chi connectivity index (χ4n) is 12.2. The number of unbranched alkanes of at least 4 members (excludes halogenated alkanes) is 41. The Morgan fingerprint density at radius 3 is 0.717 bits per heavy atom. The van der Waals surface area contributed by atoms with Crippen LogP contribution in [0.4, 0.5) is 0 Å². The second-order valence-electron chi connectivity index (χ2n) is 30.2. The van der Waals surface area contributed by atoms with Crippen LogP contribution in [0.1, 0.15) is 409 Å². The van der Waals surface area contributed by atoms with Gasteiger partial charge in [-0.3, -0.25) is 37.3 Å². The first-order chi connectivity index (χ1) is 47.7. The molecule has 0 aromatic carbocycles. The highest BCUT2D eigenvalue weighted by Crippen LogP contribution is 2.45. The van der Waals surface area contributed by atoms with E-state index >= 15 is 0 Å². The van der Waals surface area contributed by atoms with E-state index in [1.807, 2.05) is 0 Å². The minimum absolute atomic E-state index is 0.105. The number of hydrogen-bond donors (Lipinski definition) is 3. The number of esters is 4. The predicted octanol–water partition coefficient (Wildman–Crippen LogP) is 23.6. The highest BCUT2D eigenvalue weighted by Gasteiger charge is 2.30. The van der Waals surface area contributed by atoms with Crippen molar-refractivity contribution in [3.63, 3.8) is 0 Å². The van der Waals surface area contributed by atoms with E-state index in [1.54, 1.807) is 0 Å². The summed E-state index contributed by atoms with van der Waals surface area (Å²) in [4.78, 5) is 73.0. The van der Waals surface area contributed by atoms with Crippen LogP contribution < -0.4 is 0 Å². The lowest BCUT2D eigenvalue weighted by molar-refractivity contribution is -0.161. The van der Waals surface area contributed by atoms with Gasteiger partial charge < -0.3 is 33.8 Å². The van der Waals surface area contributed by atoms with Gasteiger partial charge in [0.2, 0.25) is 0 Å². The molecule has 19 heteroatoms. The van der Waals surface area contributed by atoms with Crippen molar-refractivity contribution in [3.8, 4) is 0 Å². The Morgan fingerprint density at radius 2 is 0.485 bits per heavy atom. The van der Waals surface area contributed by atoms with Crippen molar-refractivity contribution in [3.05, 3.63) is 0 Å². The molecule has 0 aromatic rings. The van der Waals surface area contributed by atoms with Crippen LogP contribution in [0.15, 0.2) is 0 Å². The Kier molecular flexibility index (Phi) is 67.8. The average molecular weight is 1450 g/mol. The molecule has 0 fully saturated rings. The standard InChI is InChI=1S/C80H156O17P2/c1-9-72(7)58-50-42-34-26-21-23-29-37-46-54-62-79(84)96-75(66-90-77(82)60-52-44-36-28-20-18-16-14-12-11-13-15-17-19-25-32-40-48-56-70(3)4)68-94-98(86,87)92-64-74(81)65-93-99(88,89)95-69-76(67-91-78(83)61-53-45-39-31-33-41-49-57-71(5)6)97-80(85)63-55-47-38-30-24-22-27-35-43-51-59-73(8)10-2/h70-76,81H,9-69H2,1-8H3,(H,86,87)(H,88,89)/t72?,73?,74?,75-,76-/m1/s1. The summed E-state index contributed by atoms with van der Waals surface area (Å²) in [5.74, 6) is 1.02. The van der Waals surface area contributed by atoms with Gasteiger partial charge in [0.15, 0.2) is 12.2 Å².